The number of likely N-dealkylation sites (N-methyl/N-ethyl adjacent to an activating group) is 1. The molecule has 2 aliphatic rings. The van der Waals surface area contributed by atoms with Crippen molar-refractivity contribution >= 4 is 11.9 Å². The summed E-state index contributed by atoms with van der Waals surface area (Å²) < 4.78 is 107. The molecule has 1 aromatic carbocycles. The lowest BCUT2D eigenvalue weighted by Gasteiger charge is -2.27. The van der Waals surface area contributed by atoms with Gasteiger partial charge < -0.3 is 34.6 Å². The first-order valence-electron chi connectivity index (χ1n) is 11.5. The summed E-state index contributed by atoms with van der Waals surface area (Å²) in [5.74, 6) is -11.2. The van der Waals surface area contributed by atoms with E-state index >= 15 is 0 Å². The van der Waals surface area contributed by atoms with Crippen LogP contribution in [-0.2, 0) is 28.5 Å². The van der Waals surface area contributed by atoms with Gasteiger partial charge in [-0.1, -0.05) is 0 Å². The monoisotopic (exact) mass is 599 g/mol. The number of aliphatic hydroxyl groups excluding tert-OH is 1. The summed E-state index contributed by atoms with van der Waals surface area (Å²) in [5.41, 5.74) is -0.828. The first-order valence-corrected chi connectivity index (χ1v) is 11.5. The molecule has 2 aliphatic heterocycles. The van der Waals surface area contributed by atoms with Crippen molar-refractivity contribution in [2.24, 2.45) is 0 Å². The Hall–Kier alpha value is -2.57. The van der Waals surface area contributed by atoms with Gasteiger partial charge in [-0.25, -0.2) is 22.4 Å². The summed E-state index contributed by atoms with van der Waals surface area (Å²) in [4.78, 5) is 21.3. The highest BCUT2D eigenvalue weighted by atomic mass is 19.4. The van der Waals surface area contributed by atoms with E-state index in [1.54, 1.807) is 6.92 Å². The number of ether oxygens (including phenoxy) is 4. The molecule has 2 bridgehead atoms. The number of aliphatic hydroxyl groups is 1. The number of alkyl halides is 3. The number of benzene rings is 1. The molecule has 1 saturated heterocycles. The fraction of sp³-hybridized carbons (Fsp3) is 0.652. The lowest BCUT2D eigenvalue weighted by molar-refractivity contribution is -0.365. The molecule has 0 saturated carbocycles. The minimum atomic E-state index is -5.08. The maximum Gasteiger partial charge on any atom is 0.490 e. The lowest BCUT2D eigenvalue weighted by Crippen LogP contribution is -2.36. The highest BCUT2D eigenvalue weighted by molar-refractivity contribution is 5.73. The number of carbonyl (C=O) groups excluding carboxylic acids is 1. The number of rotatable bonds is 7. The smallest absolute Gasteiger partial charge is 0.475 e. The van der Waals surface area contributed by atoms with Crippen LogP contribution in [0.25, 0.3) is 0 Å². The topological polar surface area (TPSA) is 146 Å². The van der Waals surface area contributed by atoms with Crippen LogP contribution in [0, 0.1) is 23.3 Å². The number of aliphatic carboxylic acids is 1. The Morgan fingerprint density at radius 1 is 0.850 bits per heavy atom. The van der Waals surface area contributed by atoms with Gasteiger partial charge in [0, 0.05) is 44.8 Å². The first kappa shape index (κ1) is 37.4. The van der Waals surface area contributed by atoms with Crippen molar-refractivity contribution in [3.63, 3.8) is 0 Å². The molecule has 2 heterocycles. The van der Waals surface area contributed by atoms with Gasteiger partial charge in [-0.3, -0.25) is 9.69 Å². The van der Waals surface area contributed by atoms with Gasteiger partial charge in [-0.15, -0.1) is 0 Å². The summed E-state index contributed by atoms with van der Waals surface area (Å²) >= 11 is 0. The largest absolute Gasteiger partial charge is 0.490 e. The highest BCUT2D eigenvalue weighted by Crippen LogP contribution is 2.55. The summed E-state index contributed by atoms with van der Waals surface area (Å²) in [6, 6.07) is -2.16. The third-order valence-electron chi connectivity index (χ3n) is 5.55. The standard InChI is InChI=1S/C13H11F4NO3.C8H18O3.C2HF3O2.H2O/c1-3(19)21-13-11-5-4(10(12(13)20)18(11)2)6(14)8(16)9(17)7(5)15;1-5-9-8(4,10-6-2)11-7-3;3-2(4,5)1(6)7;/h10-13,20H,1-2H3;5-7H2,1-4H3;(H,6,7);1H2/t10-,11?,12+,13?;;;/m0.../s1. The number of halogens is 7. The van der Waals surface area contributed by atoms with Crippen molar-refractivity contribution in [1.82, 2.24) is 4.90 Å². The maximum atomic E-state index is 14.0. The van der Waals surface area contributed by atoms with Crippen LogP contribution in [0.4, 0.5) is 30.7 Å². The molecule has 17 heteroatoms. The normalized spacial score (nSPS) is 21.4. The molecular formula is C23H32F7NO9. The zero-order valence-corrected chi connectivity index (χ0v) is 22.4. The SMILES string of the molecule is CC(=O)OC1C2c3c(F)c(F)c(F)c(F)c3[C@@H]([C@H]1O)N2C.CCOC(C)(OCC)OCC.O.O=C(O)C(F)(F)F. The molecule has 4 atom stereocenters. The molecule has 10 nitrogen and oxygen atoms in total. The zero-order chi connectivity index (χ0) is 30.5. The minimum absolute atomic E-state index is 0. The van der Waals surface area contributed by atoms with Crippen molar-refractivity contribution in [2.45, 2.75) is 71.1 Å². The molecule has 3 rings (SSSR count). The van der Waals surface area contributed by atoms with Crippen molar-refractivity contribution in [3.05, 3.63) is 34.4 Å². The Morgan fingerprint density at radius 3 is 1.50 bits per heavy atom. The summed E-state index contributed by atoms with van der Waals surface area (Å²) in [5, 5.41) is 17.2. The number of fused-ring (bicyclic) bond motifs is 5. The van der Waals surface area contributed by atoms with E-state index in [2.05, 4.69) is 0 Å². The Labute approximate surface area is 224 Å². The molecule has 40 heavy (non-hydrogen) atoms. The summed E-state index contributed by atoms with van der Waals surface area (Å²) in [6.07, 6.45) is -7.60. The number of hydrogen-bond acceptors (Lipinski definition) is 8. The summed E-state index contributed by atoms with van der Waals surface area (Å²) in [7, 11) is 1.43. The van der Waals surface area contributed by atoms with Gasteiger partial charge in [-0.2, -0.15) is 13.2 Å². The number of carboxylic acid groups (broad SMARTS) is 1. The second-order valence-corrected chi connectivity index (χ2v) is 8.17. The minimum Gasteiger partial charge on any atom is -0.475 e. The fourth-order valence-electron chi connectivity index (χ4n) is 4.24. The predicted octanol–water partition coefficient (Wildman–Crippen LogP) is 3.16. The molecule has 1 aromatic rings. The van der Waals surface area contributed by atoms with Gasteiger partial charge >= 0.3 is 18.1 Å². The average molecular weight is 599 g/mol. The predicted molar refractivity (Wildman–Crippen MR) is 122 cm³/mol. The number of carboxylic acids is 1. The van der Waals surface area contributed by atoms with Crippen LogP contribution < -0.4 is 0 Å². The fourth-order valence-corrected chi connectivity index (χ4v) is 4.24. The van der Waals surface area contributed by atoms with Gasteiger partial charge in [0.15, 0.2) is 23.3 Å². The van der Waals surface area contributed by atoms with E-state index in [0.717, 1.165) is 6.92 Å². The summed E-state index contributed by atoms with van der Waals surface area (Å²) in [6.45, 7) is 10.4. The van der Waals surface area contributed by atoms with Crippen LogP contribution in [0.3, 0.4) is 0 Å². The van der Waals surface area contributed by atoms with E-state index in [-0.39, 0.29) is 5.48 Å². The third-order valence-corrected chi connectivity index (χ3v) is 5.55. The number of esters is 1. The maximum absolute atomic E-state index is 14.0. The van der Waals surface area contributed by atoms with Crippen molar-refractivity contribution in [1.29, 1.82) is 0 Å². The van der Waals surface area contributed by atoms with Crippen LogP contribution >= 0.6 is 0 Å². The Kier molecular flexibility index (Phi) is 13.9. The number of hydrogen-bond donors (Lipinski definition) is 2. The van der Waals surface area contributed by atoms with Gasteiger partial charge in [0.05, 0.1) is 12.1 Å². The highest BCUT2D eigenvalue weighted by Gasteiger charge is 2.59. The van der Waals surface area contributed by atoms with E-state index in [1.807, 2.05) is 20.8 Å². The van der Waals surface area contributed by atoms with Gasteiger partial charge in [-0.05, 0) is 27.8 Å². The van der Waals surface area contributed by atoms with Gasteiger partial charge in [0.1, 0.15) is 12.2 Å². The van der Waals surface area contributed by atoms with E-state index in [9.17, 15) is 40.6 Å². The molecule has 1 fully saturated rings. The lowest BCUT2D eigenvalue weighted by atomic mass is 9.86. The van der Waals surface area contributed by atoms with E-state index in [4.69, 9.17) is 28.8 Å². The number of carbonyl (C=O) groups is 2. The van der Waals surface area contributed by atoms with Gasteiger partial charge in [0.25, 0.3) is 5.97 Å². The van der Waals surface area contributed by atoms with Gasteiger partial charge in [0.2, 0.25) is 0 Å². The molecule has 0 aromatic heterocycles. The molecular weight excluding hydrogens is 567 g/mol. The van der Waals surface area contributed by atoms with E-state index in [0.29, 0.717) is 19.8 Å². The Morgan fingerprint density at radius 2 is 1.20 bits per heavy atom. The quantitative estimate of drug-likeness (QED) is 0.159. The second-order valence-electron chi connectivity index (χ2n) is 8.17. The van der Waals surface area contributed by atoms with Crippen molar-refractivity contribution in [2.75, 3.05) is 26.9 Å². The average Bonchev–Trinajstić information content (AvgIpc) is 3.23. The third kappa shape index (κ3) is 8.23. The molecule has 4 N–H and O–H groups in total. The van der Waals surface area contributed by atoms with Crippen LogP contribution in [0.1, 0.15) is 57.8 Å². The molecule has 0 aliphatic carbocycles. The molecule has 0 radical (unpaired) electrons. The van der Waals surface area contributed by atoms with Crippen LogP contribution in [0.2, 0.25) is 0 Å². The van der Waals surface area contributed by atoms with Crippen molar-refractivity contribution in [3.8, 4) is 0 Å². The molecule has 0 amide bonds. The molecule has 2 unspecified atom stereocenters. The van der Waals surface area contributed by atoms with Crippen LogP contribution in [0.15, 0.2) is 0 Å². The Bertz CT molecular complexity index is 1010. The first-order chi connectivity index (χ1) is 17.9. The van der Waals surface area contributed by atoms with E-state index in [1.165, 1.54) is 11.9 Å². The second kappa shape index (κ2) is 14.9. The van der Waals surface area contributed by atoms with Crippen LogP contribution in [0.5, 0.6) is 0 Å². The van der Waals surface area contributed by atoms with E-state index < -0.39 is 82.8 Å². The zero-order valence-electron chi connectivity index (χ0n) is 22.4. The van der Waals surface area contributed by atoms with Crippen molar-refractivity contribution < 1.29 is 75.0 Å². The van der Waals surface area contributed by atoms with Crippen LogP contribution in [-0.4, -0.2) is 83.8 Å². The Balaban J connectivity index is 0.000000677. The number of nitrogens with zero attached hydrogens (tertiary/aromatic N) is 1. The molecule has 232 valence electrons. The molecule has 0 spiro atoms.